The first-order valence-corrected chi connectivity index (χ1v) is 5.17. The summed E-state index contributed by atoms with van der Waals surface area (Å²) < 4.78 is 23.5. The van der Waals surface area contributed by atoms with Crippen molar-refractivity contribution in [1.29, 1.82) is 0 Å². The van der Waals surface area contributed by atoms with Gasteiger partial charge in [-0.2, -0.15) is 0 Å². The Kier molecular flexibility index (Phi) is 3.12. The predicted molar refractivity (Wildman–Crippen MR) is 56.2 cm³/mol. The molecule has 1 fully saturated rings. The van der Waals surface area contributed by atoms with Gasteiger partial charge in [0.1, 0.15) is 17.7 Å². The lowest BCUT2D eigenvalue weighted by atomic mass is 9.90. The molecule has 2 rings (SSSR count). The second-order valence-corrected chi connectivity index (χ2v) is 3.97. The van der Waals surface area contributed by atoms with Gasteiger partial charge >= 0.3 is 0 Å². The van der Waals surface area contributed by atoms with Crippen LogP contribution in [-0.4, -0.2) is 25.1 Å². The van der Waals surface area contributed by atoms with Gasteiger partial charge in [0.25, 0.3) is 0 Å². The van der Waals surface area contributed by atoms with Crippen molar-refractivity contribution in [3.8, 4) is 5.75 Å². The van der Waals surface area contributed by atoms with Crippen molar-refractivity contribution < 1.29 is 18.7 Å². The summed E-state index contributed by atoms with van der Waals surface area (Å²) >= 11 is 5.53. The molecule has 1 aliphatic rings. The lowest BCUT2D eigenvalue weighted by molar-refractivity contribution is -0.150. The molecule has 0 bridgehead atoms. The minimum Gasteiger partial charge on any atom is -0.487 e. The second-order valence-electron chi connectivity index (χ2n) is 3.56. The molecule has 0 aromatic heterocycles. The van der Waals surface area contributed by atoms with Crippen LogP contribution in [0.15, 0.2) is 18.2 Å². The van der Waals surface area contributed by atoms with Crippen LogP contribution < -0.4 is 4.74 Å². The summed E-state index contributed by atoms with van der Waals surface area (Å²) in [5.41, 5.74) is 0. The topological polar surface area (TPSA) is 35.5 Å². The maximum Gasteiger partial charge on any atom is 0.169 e. The van der Waals surface area contributed by atoms with Crippen LogP contribution in [0.2, 0.25) is 5.02 Å². The third-order valence-corrected chi connectivity index (χ3v) is 2.80. The van der Waals surface area contributed by atoms with Gasteiger partial charge in [0.05, 0.1) is 5.02 Å². The average Bonchev–Trinajstić information content (AvgIpc) is 2.23. The molecule has 0 aliphatic heterocycles. The molecule has 2 atom stereocenters. The van der Waals surface area contributed by atoms with Gasteiger partial charge in [-0.05, 0) is 12.1 Å². The maximum absolute atomic E-state index is 13.1. The van der Waals surface area contributed by atoms with Gasteiger partial charge < -0.3 is 9.47 Å². The number of ether oxygens (including phenoxy) is 2. The fourth-order valence-corrected chi connectivity index (χ4v) is 1.70. The van der Waals surface area contributed by atoms with Crippen LogP contribution in [-0.2, 0) is 9.53 Å². The Morgan fingerprint density at radius 2 is 2.25 bits per heavy atom. The smallest absolute Gasteiger partial charge is 0.169 e. The lowest BCUT2D eigenvalue weighted by Crippen LogP contribution is -2.51. The van der Waals surface area contributed by atoms with E-state index in [1.165, 1.54) is 19.2 Å². The van der Waals surface area contributed by atoms with E-state index >= 15 is 0 Å². The van der Waals surface area contributed by atoms with Crippen LogP contribution in [0.25, 0.3) is 0 Å². The third kappa shape index (κ3) is 2.03. The normalized spacial score (nSPS) is 24.1. The number of benzene rings is 1. The van der Waals surface area contributed by atoms with Crippen molar-refractivity contribution in [1.82, 2.24) is 0 Å². The molecule has 16 heavy (non-hydrogen) atoms. The van der Waals surface area contributed by atoms with Gasteiger partial charge in [-0.15, -0.1) is 0 Å². The van der Waals surface area contributed by atoms with Crippen LogP contribution in [0.5, 0.6) is 5.75 Å². The number of hydrogen-bond acceptors (Lipinski definition) is 3. The molecule has 0 spiro atoms. The molecule has 0 N–H and O–H groups in total. The third-order valence-electron chi connectivity index (χ3n) is 2.49. The largest absolute Gasteiger partial charge is 0.487 e. The molecular formula is C11H10ClFO3. The SMILES string of the molecule is COC1C(=O)CC1Oc1ccc(Cl)c(F)c1. The summed E-state index contributed by atoms with van der Waals surface area (Å²) in [6.45, 7) is 0. The Balaban J connectivity index is 2.05. The van der Waals surface area contributed by atoms with Crippen molar-refractivity contribution in [2.45, 2.75) is 18.6 Å². The van der Waals surface area contributed by atoms with Crippen molar-refractivity contribution in [2.75, 3.05) is 7.11 Å². The van der Waals surface area contributed by atoms with Gasteiger partial charge in [0, 0.05) is 19.6 Å². The summed E-state index contributed by atoms with van der Waals surface area (Å²) in [7, 11) is 1.44. The van der Waals surface area contributed by atoms with Gasteiger partial charge in [0.15, 0.2) is 11.9 Å². The van der Waals surface area contributed by atoms with Gasteiger partial charge in [0.2, 0.25) is 0 Å². The molecule has 0 amide bonds. The zero-order valence-corrected chi connectivity index (χ0v) is 9.33. The van der Waals surface area contributed by atoms with Gasteiger partial charge in [-0.25, -0.2) is 4.39 Å². The van der Waals surface area contributed by atoms with Crippen molar-refractivity contribution in [3.63, 3.8) is 0 Å². The average molecular weight is 245 g/mol. The number of carbonyl (C=O) groups excluding carboxylic acids is 1. The summed E-state index contributed by atoms with van der Waals surface area (Å²) in [6, 6.07) is 4.16. The molecule has 0 radical (unpaired) electrons. The van der Waals surface area contributed by atoms with E-state index in [4.69, 9.17) is 21.1 Å². The molecule has 2 unspecified atom stereocenters. The van der Waals surface area contributed by atoms with E-state index in [9.17, 15) is 9.18 Å². The number of hydrogen-bond donors (Lipinski definition) is 0. The number of rotatable bonds is 3. The molecule has 1 saturated carbocycles. The molecule has 0 saturated heterocycles. The standard InChI is InChI=1S/C11H10ClFO3/c1-15-11-9(14)5-10(11)16-6-2-3-7(12)8(13)4-6/h2-4,10-11H,5H2,1H3. The molecule has 1 aromatic carbocycles. The molecule has 5 heteroatoms. The summed E-state index contributed by atoms with van der Waals surface area (Å²) in [4.78, 5) is 11.1. The van der Waals surface area contributed by atoms with E-state index in [0.717, 1.165) is 0 Å². The van der Waals surface area contributed by atoms with Crippen LogP contribution in [0, 0.1) is 5.82 Å². The summed E-state index contributed by atoms with van der Waals surface area (Å²) in [5.74, 6) is -0.192. The fraction of sp³-hybridized carbons (Fsp3) is 0.364. The minimum atomic E-state index is -0.543. The number of Topliss-reactive ketones (excluding diaryl/α,β-unsaturated/α-hetero) is 1. The van der Waals surface area contributed by atoms with E-state index in [0.29, 0.717) is 12.2 Å². The zero-order valence-electron chi connectivity index (χ0n) is 8.57. The summed E-state index contributed by atoms with van der Waals surface area (Å²) in [5, 5.41) is 0.0420. The molecule has 1 aliphatic carbocycles. The Morgan fingerprint density at radius 3 is 2.81 bits per heavy atom. The first-order valence-electron chi connectivity index (χ1n) is 4.79. The van der Waals surface area contributed by atoms with Crippen molar-refractivity contribution in [2.24, 2.45) is 0 Å². The molecule has 86 valence electrons. The molecule has 0 heterocycles. The van der Waals surface area contributed by atoms with Crippen LogP contribution in [0.3, 0.4) is 0 Å². The quantitative estimate of drug-likeness (QED) is 0.818. The van der Waals surface area contributed by atoms with Crippen molar-refractivity contribution in [3.05, 3.63) is 29.0 Å². The minimum absolute atomic E-state index is 0.00179. The van der Waals surface area contributed by atoms with E-state index in [1.54, 1.807) is 6.07 Å². The Labute approximate surface area is 97.1 Å². The molecular weight excluding hydrogens is 235 g/mol. The van der Waals surface area contributed by atoms with Gasteiger partial charge in [-0.1, -0.05) is 11.6 Å². The number of carbonyl (C=O) groups is 1. The van der Waals surface area contributed by atoms with E-state index < -0.39 is 11.9 Å². The zero-order chi connectivity index (χ0) is 11.7. The maximum atomic E-state index is 13.1. The molecule has 1 aromatic rings. The van der Waals surface area contributed by atoms with Crippen molar-refractivity contribution >= 4 is 17.4 Å². The Bertz CT molecular complexity index is 422. The molecule has 3 nitrogen and oxygen atoms in total. The first kappa shape index (κ1) is 11.4. The number of halogens is 2. The lowest BCUT2D eigenvalue weighted by Gasteiger charge is -2.33. The van der Waals surface area contributed by atoms with Crippen LogP contribution in [0.4, 0.5) is 4.39 Å². The Morgan fingerprint density at radius 1 is 1.50 bits per heavy atom. The highest BCUT2D eigenvalue weighted by Crippen LogP contribution is 2.27. The van der Waals surface area contributed by atoms with Crippen LogP contribution in [0.1, 0.15) is 6.42 Å². The highest BCUT2D eigenvalue weighted by molar-refractivity contribution is 6.30. The number of methoxy groups -OCH3 is 1. The van der Waals surface area contributed by atoms with Gasteiger partial charge in [-0.3, -0.25) is 4.79 Å². The monoisotopic (exact) mass is 244 g/mol. The second kappa shape index (κ2) is 4.39. The van der Waals surface area contributed by atoms with Crippen LogP contribution >= 0.6 is 11.6 Å². The number of ketones is 1. The van der Waals surface area contributed by atoms with E-state index in [1.807, 2.05) is 0 Å². The predicted octanol–water partition coefficient (Wildman–Crippen LogP) is 2.21. The summed E-state index contributed by atoms with van der Waals surface area (Å²) in [6.07, 6.45) is -0.584. The fourth-order valence-electron chi connectivity index (χ4n) is 1.58. The first-order chi connectivity index (χ1) is 7.61. The highest BCUT2D eigenvalue weighted by atomic mass is 35.5. The van der Waals surface area contributed by atoms with E-state index in [2.05, 4.69) is 0 Å². The Hall–Kier alpha value is -1.13. The van der Waals surface area contributed by atoms with E-state index in [-0.39, 0.29) is 16.9 Å². The highest BCUT2D eigenvalue weighted by Gasteiger charge is 2.42.